The van der Waals surface area contributed by atoms with Crippen LogP contribution in [0.2, 0.25) is 0 Å². The largest absolute Gasteiger partial charge is 0.467 e. The lowest BCUT2D eigenvalue weighted by Crippen LogP contribution is -2.29. The molecule has 0 spiro atoms. The first-order chi connectivity index (χ1) is 16.0. The summed E-state index contributed by atoms with van der Waals surface area (Å²) >= 11 is 1.59. The van der Waals surface area contributed by atoms with Crippen molar-refractivity contribution in [2.45, 2.75) is 18.0 Å². The minimum atomic E-state index is -3.70. The van der Waals surface area contributed by atoms with Crippen molar-refractivity contribution >= 4 is 38.8 Å². The van der Waals surface area contributed by atoms with E-state index in [2.05, 4.69) is 9.71 Å². The number of fused-ring (bicyclic) bond motifs is 1. The number of thiophene rings is 1. The molecule has 9 heteroatoms. The Bertz CT molecular complexity index is 1370. The van der Waals surface area contributed by atoms with Gasteiger partial charge in [0, 0.05) is 21.7 Å². The number of hydrogen-bond acceptors (Lipinski definition) is 6. The van der Waals surface area contributed by atoms with Gasteiger partial charge in [-0.15, -0.1) is 15.7 Å². The summed E-state index contributed by atoms with van der Waals surface area (Å²) in [6.45, 7) is 0.831. The fourth-order valence-electron chi connectivity index (χ4n) is 3.59. The van der Waals surface area contributed by atoms with E-state index in [0.29, 0.717) is 35.7 Å². The zero-order valence-electron chi connectivity index (χ0n) is 17.3. The molecule has 0 radical (unpaired) electrons. The Balaban J connectivity index is 1.35. The molecule has 1 amide bonds. The second-order valence-corrected chi connectivity index (χ2v) is 10.0. The predicted molar refractivity (Wildman–Crippen MR) is 127 cm³/mol. The Labute approximate surface area is 195 Å². The maximum absolute atomic E-state index is 13.3. The summed E-state index contributed by atoms with van der Waals surface area (Å²) in [7, 11) is -3.70. The molecule has 0 aliphatic carbocycles. The van der Waals surface area contributed by atoms with Gasteiger partial charge < -0.3 is 14.6 Å². The first kappa shape index (κ1) is 21.2. The minimum absolute atomic E-state index is 0.127. The normalized spacial score (nSPS) is 13.9. The molecular formula is C24H19N3O4S2. The van der Waals surface area contributed by atoms with Crippen LogP contribution < -0.4 is 5.32 Å². The quantitative estimate of drug-likeness (QED) is 0.433. The number of nitrogens with zero attached hydrogens (tertiary/aromatic N) is 2. The maximum Gasteiger partial charge on any atom is 0.285 e. The van der Waals surface area contributed by atoms with Gasteiger partial charge in [0.25, 0.3) is 15.9 Å². The van der Waals surface area contributed by atoms with Gasteiger partial charge in [0.05, 0.1) is 19.4 Å². The number of hydrogen-bond donors (Lipinski definition) is 1. The van der Waals surface area contributed by atoms with Gasteiger partial charge in [-0.05, 0) is 60.0 Å². The third-order valence-corrected chi connectivity index (χ3v) is 7.36. The molecule has 1 aliphatic heterocycles. The number of amidine groups is 1. The smallest absolute Gasteiger partial charge is 0.285 e. The zero-order chi connectivity index (χ0) is 22.8. The molecule has 0 saturated carbocycles. The van der Waals surface area contributed by atoms with E-state index in [1.807, 2.05) is 23.6 Å². The number of carbonyl (C=O) groups excluding carboxylic acids is 1. The van der Waals surface area contributed by atoms with Crippen LogP contribution >= 0.6 is 11.3 Å². The molecule has 0 atom stereocenters. The second-order valence-electron chi connectivity index (χ2n) is 7.43. The highest BCUT2D eigenvalue weighted by Crippen LogP contribution is 2.27. The van der Waals surface area contributed by atoms with Crippen molar-refractivity contribution in [2.75, 3.05) is 5.32 Å². The predicted octanol–water partition coefficient (Wildman–Crippen LogP) is 4.74. The molecule has 7 nitrogen and oxygen atoms in total. The van der Waals surface area contributed by atoms with Crippen molar-refractivity contribution in [3.8, 4) is 0 Å². The van der Waals surface area contributed by atoms with E-state index < -0.39 is 10.0 Å². The fraction of sp³-hybridized carbons (Fsp3) is 0.0833. The van der Waals surface area contributed by atoms with Crippen molar-refractivity contribution in [3.05, 3.63) is 106 Å². The summed E-state index contributed by atoms with van der Waals surface area (Å²) in [4.78, 5) is 16.3. The second kappa shape index (κ2) is 8.68. The maximum atomic E-state index is 13.3. The van der Waals surface area contributed by atoms with Crippen molar-refractivity contribution in [2.24, 2.45) is 4.40 Å². The van der Waals surface area contributed by atoms with E-state index in [4.69, 9.17) is 4.42 Å². The average Bonchev–Trinajstić information content (AvgIpc) is 3.56. The number of rotatable bonds is 6. The standard InChI is InChI=1S/C24H19N3O4S2/c28-24(27(15-19-5-3-13-31-19)16-20-6-4-14-32-20)17-9-11-18(12-10-17)25-23-21-7-1-2-8-22(21)33(29,30)26-23/h1-14H,15-16H2,(H,25,26). The van der Waals surface area contributed by atoms with Gasteiger partial charge in [-0.2, -0.15) is 8.42 Å². The van der Waals surface area contributed by atoms with Crippen LogP contribution in [0.25, 0.3) is 0 Å². The molecule has 33 heavy (non-hydrogen) atoms. The number of benzene rings is 2. The molecule has 5 rings (SSSR count). The molecule has 1 N–H and O–H groups in total. The van der Waals surface area contributed by atoms with Crippen LogP contribution in [-0.4, -0.2) is 25.1 Å². The van der Waals surface area contributed by atoms with Gasteiger partial charge in [-0.3, -0.25) is 4.79 Å². The SMILES string of the molecule is O=C(c1ccc(NC2=NS(=O)(=O)c3ccccc32)cc1)N(Cc1ccco1)Cc1cccs1. The van der Waals surface area contributed by atoms with E-state index in [9.17, 15) is 13.2 Å². The van der Waals surface area contributed by atoms with Crippen molar-refractivity contribution in [3.63, 3.8) is 0 Å². The Morgan fingerprint density at radius 3 is 2.52 bits per heavy atom. The Hall–Kier alpha value is -3.69. The Kier molecular flexibility index (Phi) is 5.57. The molecule has 0 bridgehead atoms. The van der Waals surface area contributed by atoms with Crippen LogP contribution in [0.4, 0.5) is 5.69 Å². The summed E-state index contributed by atoms with van der Waals surface area (Å²) in [5.74, 6) is 0.844. The molecule has 3 heterocycles. The van der Waals surface area contributed by atoms with Crippen molar-refractivity contribution < 1.29 is 17.6 Å². The lowest BCUT2D eigenvalue weighted by Gasteiger charge is -2.21. The van der Waals surface area contributed by atoms with Crippen LogP contribution in [0.1, 0.15) is 26.6 Å². The minimum Gasteiger partial charge on any atom is -0.467 e. The zero-order valence-corrected chi connectivity index (χ0v) is 19.0. The van der Waals surface area contributed by atoms with Crippen LogP contribution in [0, 0.1) is 0 Å². The first-order valence-electron chi connectivity index (χ1n) is 10.1. The number of sulfonamides is 1. The van der Waals surface area contributed by atoms with Gasteiger partial charge in [-0.25, -0.2) is 0 Å². The molecular weight excluding hydrogens is 458 g/mol. The highest BCUT2D eigenvalue weighted by atomic mass is 32.2. The summed E-state index contributed by atoms with van der Waals surface area (Å²) in [5.41, 5.74) is 1.68. The number of furan rings is 1. The Morgan fingerprint density at radius 1 is 0.970 bits per heavy atom. The van der Waals surface area contributed by atoms with Crippen LogP contribution in [0.5, 0.6) is 0 Å². The highest BCUT2D eigenvalue weighted by Gasteiger charge is 2.28. The summed E-state index contributed by atoms with van der Waals surface area (Å²) in [6.07, 6.45) is 1.59. The number of nitrogens with one attached hydrogen (secondary N) is 1. The van der Waals surface area contributed by atoms with Gasteiger partial charge in [0.15, 0.2) is 5.84 Å². The van der Waals surface area contributed by atoms with Gasteiger partial charge in [0.1, 0.15) is 10.7 Å². The van der Waals surface area contributed by atoms with E-state index in [1.165, 1.54) is 6.07 Å². The summed E-state index contributed by atoms with van der Waals surface area (Å²) < 4.78 is 33.8. The van der Waals surface area contributed by atoms with Crippen molar-refractivity contribution in [1.29, 1.82) is 0 Å². The first-order valence-corrected chi connectivity index (χ1v) is 12.5. The molecule has 166 valence electrons. The van der Waals surface area contributed by atoms with Gasteiger partial charge >= 0.3 is 0 Å². The summed E-state index contributed by atoms with van der Waals surface area (Å²) in [5, 5.41) is 5.03. The molecule has 2 aromatic heterocycles. The topological polar surface area (TPSA) is 92.0 Å². The molecule has 0 unspecified atom stereocenters. The van der Waals surface area contributed by atoms with Gasteiger partial charge in [-0.1, -0.05) is 18.2 Å². The van der Waals surface area contributed by atoms with E-state index in [1.54, 1.807) is 71.0 Å². The fourth-order valence-corrected chi connectivity index (χ4v) is 5.49. The average molecular weight is 478 g/mol. The van der Waals surface area contributed by atoms with E-state index in [-0.39, 0.29) is 16.6 Å². The monoisotopic (exact) mass is 477 g/mol. The molecule has 4 aromatic rings. The van der Waals surface area contributed by atoms with Crippen LogP contribution in [0.3, 0.4) is 0 Å². The van der Waals surface area contributed by atoms with Crippen LogP contribution in [-0.2, 0) is 23.1 Å². The number of anilines is 1. The molecule has 1 aliphatic rings. The van der Waals surface area contributed by atoms with Crippen LogP contribution in [0.15, 0.2) is 98.1 Å². The highest BCUT2D eigenvalue weighted by molar-refractivity contribution is 7.90. The summed E-state index contributed by atoms with van der Waals surface area (Å²) in [6, 6.07) is 21.2. The van der Waals surface area contributed by atoms with E-state index in [0.717, 1.165) is 4.88 Å². The third-order valence-electron chi connectivity index (χ3n) is 5.17. The lowest BCUT2D eigenvalue weighted by atomic mass is 10.1. The molecule has 2 aromatic carbocycles. The molecule has 0 saturated heterocycles. The Morgan fingerprint density at radius 2 is 1.79 bits per heavy atom. The van der Waals surface area contributed by atoms with Gasteiger partial charge in [0.2, 0.25) is 0 Å². The third kappa shape index (κ3) is 4.46. The number of carbonyl (C=O) groups is 1. The lowest BCUT2D eigenvalue weighted by molar-refractivity contribution is 0.0719. The van der Waals surface area contributed by atoms with Crippen molar-refractivity contribution in [1.82, 2.24) is 4.90 Å². The number of amides is 1. The molecule has 0 fully saturated rings. The van der Waals surface area contributed by atoms with E-state index >= 15 is 0 Å².